The van der Waals surface area contributed by atoms with Gasteiger partial charge in [0.15, 0.2) is 0 Å². The number of nitrogens with two attached hydrogens (primary N) is 2. The van der Waals surface area contributed by atoms with Crippen molar-refractivity contribution >= 4 is 0 Å². The Balaban J connectivity index is 2.11. The minimum Gasteiger partial charge on any atom is -0.328 e. The lowest BCUT2D eigenvalue weighted by Crippen LogP contribution is -2.41. The Kier molecular flexibility index (Phi) is 2.57. The van der Waals surface area contributed by atoms with Crippen molar-refractivity contribution in [2.45, 2.75) is 31.8 Å². The van der Waals surface area contributed by atoms with Crippen LogP contribution >= 0.6 is 0 Å². The van der Waals surface area contributed by atoms with Crippen LogP contribution in [0, 0.1) is 12.8 Å². The van der Waals surface area contributed by atoms with Gasteiger partial charge in [0.2, 0.25) is 0 Å². The average molecular weight is 190 g/mol. The summed E-state index contributed by atoms with van der Waals surface area (Å²) in [5.41, 5.74) is 14.5. The molecule has 1 saturated carbocycles. The van der Waals surface area contributed by atoms with Gasteiger partial charge in [-0.25, -0.2) is 0 Å². The Labute approximate surface area is 85.3 Å². The van der Waals surface area contributed by atoms with Crippen LogP contribution in [0.1, 0.15) is 30.0 Å². The molecule has 4 N–H and O–H groups in total. The minimum absolute atomic E-state index is 0.177. The molecule has 0 radical (unpaired) electrons. The number of rotatable bonds is 2. The van der Waals surface area contributed by atoms with Gasteiger partial charge in [-0.1, -0.05) is 24.3 Å². The maximum atomic E-state index is 6.21. The van der Waals surface area contributed by atoms with E-state index in [1.807, 2.05) is 0 Å². The Morgan fingerprint density at radius 2 is 1.93 bits per heavy atom. The molecule has 2 heteroatoms. The number of aryl methyl sites for hydroxylation is 1. The molecule has 1 fully saturated rings. The maximum Gasteiger partial charge on any atom is 0.0327 e. The molecule has 0 aromatic heterocycles. The van der Waals surface area contributed by atoms with Gasteiger partial charge in [-0.15, -0.1) is 0 Å². The van der Waals surface area contributed by atoms with Crippen LogP contribution in [0.4, 0.5) is 0 Å². The van der Waals surface area contributed by atoms with E-state index >= 15 is 0 Å². The number of benzene rings is 1. The van der Waals surface area contributed by atoms with Crippen LogP contribution in [-0.4, -0.2) is 6.04 Å². The van der Waals surface area contributed by atoms with Gasteiger partial charge in [0.25, 0.3) is 0 Å². The van der Waals surface area contributed by atoms with E-state index in [9.17, 15) is 0 Å². The van der Waals surface area contributed by atoms with Gasteiger partial charge >= 0.3 is 0 Å². The molecule has 0 aliphatic heterocycles. The van der Waals surface area contributed by atoms with E-state index in [0.717, 1.165) is 12.8 Å². The molecule has 0 saturated heterocycles. The van der Waals surface area contributed by atoms with Crippen LogP contribution in [0.5, 0.6) is 0 Å². The zero-order valence-electron chi connectivity index (χ0n) is 8.61. The summed E-state index contributed by atoms with van der Waals surface area (Å²) in [6, 6.07) is 8.92. The summed E-state index contributed by atoms with van der Waals surface area (Å²) in [6.45, 7) is 2.12. The molecule has 1 aromatic carbocycles. The molecule has 76 valence electrons. The van der Waals surface area contributed by atoms with E-state index < -0.39 is 0 Å². The van der Waals surface area contributed by atoms with E-state index in [1.165, 1.54) is 11.1 Å². The van der Waals surface area contributed by atoms with Gasteiger partial charge in [-0.05, 0) is 36.8 Å². The Morgan fingerprint density at radius 1 is 1.29 bits per heavy atom. The van der Waals surface area contributed by atoms with Crippen molar-refractivity contribution in [3.05, 3.63) is 35.4 Å². The molecule has 0 spiro atoms. The average Bonchev–Trinajstić information content (AvgIpc) is 2.13. The van der Waals surface area contributed by atoms with Gasteiger partial charge in [-0.2, -0.15) is 0 Å². The molecule has 14 heavy (non-hydrogen) atoms. The number of hydrogen-bond acceptors (Lipinski definition) is 2. The van der Waals surface area contributed by atoms with Crippen molar-refractivity contribution in [2.24, 2.45) is 17.4 Å². The number of hydrogen-bond donors (Lipinski definition) is 2. The smallest absolute Gasteiger partial charge is 0.0327 e. The minimum atomic E-state index is 0.177. The van der Waals surface area contributed by atoms with E-state index in [0.29, 0.717) is 12.0 Å². The first-order chi connectivity index (χ1) is 6.68. The fourth-order valence-corrected chi connectivity index (χ4v) is 2.22. The second-order valence-electron chi connectivity index (χ2n) is 4.37. The summed E-state index contributed by atoms with van der Waals surface area (Å²) >= 11 is 0. The summed E-state index contributed by atoms with van der Waals surface area (Å²) in [6.07, 6.45) is 2.16. The van der Waals surface area contributed by atoms with Crippen molar-refractivity contribution in [3.8, 4) is 0 Å². The molecular weight excluding hydrogens is 172 g/mol. The van der Waals surface area contributed by atoms with Crippen LogP contribution in [0.2, 0.25) is 0 Å². The highest BCUT2D eigenvalue weighted by molar-refractivity contribution is 5.29. The van der Waals surface area contributed by atoms with Crippen molar-refractivity contribution in [1.82, 2.24) is 0 Å². The zero-order chi connectivity index (χ0) is 10.1. The second kappa shape index (κ2) is 3.71. The molecule has 0 amide bonds. The monoisotopic (exact) mass is 190 g/mol. The topological polar surface area (TPSA) is 52.0 Å². The highest BCUT2D eigenvalue weighted by Gasteiger charge is 2.31. The Morgan fingerprint density at radius 3 is 2.50 bits per heavy atom. The molecule has 2 nitrogen and oxygen atoms in total. The largest absolute Gasteiger partial charge is 0.328 e. The molecule has 0 heterocycles. The fraction of sp³-hybridized carbons (Fsp3) is 0.500. The normalized spacial score (nSPS) is 28.2. The lowest BCUT2D eigenvalue weighted by molar-refractivity contribution is 0.223. The summed E-state index contributed by atoms with van der Waals surface area (Å²) in [5.74, 6) is 0.589. The summed E-state index contributed by atoms with van der Waals surface area (Å²) in [5, 5.41) is 0. The third kappa shape index (κ3) is 1.68. The van der Waals surface area contributed by atoms with Gasteiger partial charge < -0.3 is 11.5 Å². The summed E-state index contributed by atoms with van der Waals surface area (Å²) < 4.78 is 0. The lowest BCUT2D eigenvalue weighted by atomic mass is 9.74. The van der Waals surface area contributed by atoms with Crippen molar-refractivity contribution in [2.75, 3.05) is 0 Å². The third-order valence-corrected chi connectivity index (χ3v) is 3.27. The molecule has 1 aromatic rings. The first-order valence-corrected chi connectivity index (χ1v) is 5.25. The van der Waals surface area contributed by atoms with E-state index in [-0.39, 0.29) is 6.04 Å². The van der Waals surface area contributed by atoms with Gasteiger partial charge in [-0.3, -0.25) is 0 Å². The molecule has 0 bridgehead atoms. The maximum absolute atomic E-state index is 6.21. The first-order valence-electron chi connectivity index (χ1n) is 5.25. The predicted molar refractivity (Wildman–Crippen MR) is 58.8 cm³/mol. The Hall–Kier alpha value is -0.860. The van der Waals surface area contributed by atoms with E-state index in [4.69, 9.17) is 11.5 Å². The van der Waals surface area contributed by atoms with E-state index in [2.05, 4.69) is 31.2 Å². The predicted octanol–water partition coefficient (Wildman–Crippen LogP) is 1.73. The van der Waals surface area contributed by atoms with E-state index in [1.54, 1.807) is 0 Å². The quantitative estimate of drug-likeness (QED) is 0.746. The van der Waals surface area contributed by atoms with Crippen LogP contribution in [-0.2, 0) is 0 Å². The highest BCUT2D eigenvalue weighted by Crippen LogP contribution is 2.36. The SMILES string of the molecule is Cc1ccccc1C(N)C1CC(N)C1. The summed E-state index contributed by atoms with van der Waals surface area (Å²) in [7, 11) is 0. The van der Waals surface area contributed by atoms with Crippen LogP contribution in [0.25, 0.3) is 0 Å². The molecular formula is C12H18N2. The van der Waals surface area contributed by atoms with Gasteiger partial charge in [0, 0.05) is 12.1 Å². The lowest BCUT2D eigenvalue weighted by Gasteiger charge is -2.37. The standard InChI is InChI=1S/C12H18N2/c1-8-4-2-3-5-11(8)12(14)9-6-10(13)7-9/h2-5,9-10,12H,6-7,13-14H2,1H3. The van der Waals surface area contributed by atoms with Crippen molar-refractivity contribution < 1.29 is 0 Å². The van der Waals surface area contributed by atoms with Crippen LogP contribution in [0.15, 0.2) is 24.3 Å². The van der Waals surface area contributed by atoms with Crippen molar-refractivity contribution in [3.63, 3.8) is 0 Å². The fourth-order valence-electron chi connectivity index (χ4n) is 2.22. The van der Waals surface area contributed by atoms with Crippen molar-refractivity contribution in [1.29, 1.82) is 0 Å². The third-order valence-electron chi connectivity index (χ3n) is 3.27. The summed E-state index contributed by atoms with van der Waals surface area (Å²) in [4.78, 5) is 0. The van der Waals surface area contributed by atoms with Crippen LogP contribution in [0.3, 0.4) is 0 Å². The van der Waals surface area contributed by atoms with Gasteiger partial charge in [0.1, 0.15) is 0 Å². The second-order valence-corrected chi connectivity index (χ2v) is 4.37. The van der Waals surface area contributed by atoms with Gasteiger partial charge in [0.05, 0.1) is 0 Å². The molecule has 2 rings (SSSR count). The van der Waals surface area contributed by atoms with Crippen LogP contribution < -0.4 is 11.5 Å². The molecule has 1 atom stereocenters. The highest BCUT2D eigenvalue weighted by atomic mass is 14.7. The first kappa shape index (κ1) is 9.69. The molecule has 1 unspecified atom stereocenters. The molecule has 1 aliphatic carbocycles. The zero-order valence-corrected chi connectivity index (χ0v) is 8.61. The Bertz CT molecular complexity index is 316. The molecule has 1 aliphatic rings.